The summed E-state index contributed by atoms with van der Waals surface area (Å²) in [6, 6.07) is 56.3. The molecule has 50 heavy (non-hydrogen) atoms. The van der Waals surface area contributed by atoms with E-state index in [1.54, 1.807) is 0 Å². The van der Waals surface area contributed by atoms with Crippen LogP contribution in [0.25, 0.3) is 0 Å². The first kappa shape index (κ1) is 33.8. The molecule has 0 unspecified atom stereocenters. The fourth-order valence-electron chi connectivity index (χ4n) is 7.53. The van der Waals surface area contributed by atoms with Crippen molar-refractivity contribution in [1.82, 2.24) is 0 Å². The zero-order chi connectivity index (χ0) is 34.3. The molecule has 5 heteroatoms. The Morgan fingerprint density at radius 3 is 1.50 bits per heavy atom. The van der Waals surface area contributed by atoms with E-state index in [9.17, 15) is 0 Å². The topological polar surface area (TPSA) is 28.1 Å². The van der Waals surface area contributed by atoms with Gasteiger partial charge in [-0.25, -0.2) is 0 Å². The van der Waals surface area contributed by atoms with E-state index >= 15 is 0 Å². The summed E-state index contributed by atoms with van der Waals surface area (Å²) in [5.41, 5.74) is 10.2. The van der Waals surface area contributed by atoms with Gasteiger partial charge in [0.05, 0.1) is 0 Å². The number of rotatable bonds is 11. The normalized spacial score (nSPS) is 13.9. The number of guanidine groups is 1. The fourth-order valence-corrected chi connectivity index (χ4v) is 18.0. The number of hydrogen-bond acceptors (Lipinski definition) is 2. The summed E-state index contributed by atoms with van der Waals surface area (Å²) in [5, 5.41) is 0. The Labute approximate surface area is 302 Å². The van der Waals surface area contributed by atoms with Gasteiger partial charge in [-0.1, -0.05) is 0 Å². The zero-order valence-electron chi connectivity index (χ0n) is 29.3. The van der Waals surface area contributed by atoms with Gasteiger partial charge in [0.25, 0.3) is 0 Å². The molecule has 0 aliphatic carbocycles. The fraction of sp³-hybridized carbons (Fsp3) is 0.178. The number of anilines is 2. The van der Waals surface area contributed by atoms with Gasteiger partial charge >= 0.3 is 304 Å². The van der Waals surface area contributed by atoms with Crippen LogP contribution in [-0.4, -0.2) is 19.0 Å². The molecule has 1 aliphatic heterocycles. The summed E-state index contributed by atoms with van der Waals surface area (Å²) in [7, 11) is 0. The second kappa shape index (κ2) is 15.4. The summed E-state index contributed by atoms with van der Waals surface area (Å²) in [6.45, 7) is 8.33. The van der Waals surface area contributed by atoms with E-state index in [0.717, 1.165) is 48.6 Å². The molecule has 0 atom stereocenters. The van der Waals surface area contributed by atoms with Crippen molar-refractivity contribution in [1.29, 1.82) is 0 Å². The second-order valence-corrected chi connectivity index (χ2v) is 22.7. The number of para-hydroxylation sites is 3. The van der Waals surface area contributed by atoms with Crippen LogP contribution in [0, 0.1) is 20.8 Å². The second-order valence-electron chi connectivity index (χ2n) is 13.6. The van der Waals surface area contributed by atoms with Crippen LogP contribution in [-0.2, 0) is 32.9 Å². The Bertz CT molecular complexity index is 1920. The number of aryl methyl sites for hydroxylation is 3. The van der Waals surface area contributed by atoms with E-state index in [4.69, 9.17) is 7.67 Å². The molecule has 250 valence electrons. The van der Waals surface area contributed by atoms with Crippen LogP contribution in [0.5, 0.6) is 11.5 Å². The summed E-state index contributed by atoms with van der Waals surface area (Å²) in [5.74, 6) is 2.70. The quantitative estimate of drug-likeness (QED) is 0.133. The molecule has 6 aromatic rings. The van der Waals surface area contributed by atoms with E-state index in [1.165, 1.54) is 39.1 Å². The van der Waals surface area contributed by atoms with Crippen molar-refractivity contribution in [2.75, 3.05) is 22.9 Å². The van der Waals surface area contributed by atoms with Gasteiger partial charge in [0.1, 0.15) is 0 Å². The first-order valence-electron chi connectivity index (χ1n) is 17.6. The minimum atomic E-state index is -3.68. The van der Waals surface area contributed by atoms with Crippen molar-refractivity contribution >= 4 is 17.3 Å². The van der Waals surface area contributed by atoms with Gasteiger partial charge in [-0.3, -0.25) is 0 Å². The van der Waals surface area contributed by atoms with Gasteiger partial charge in [0.2, 0.25) is 0 Å². The molecular weight excluding hydrogens is 690 g/mol. The molecule has 0 aromatic heterocycles. The van der Waals surface area contributed by atoms with E-state index in [-0.39, 0.29) is 0 Å². The molecule has 1 saturated heterocycles. The SMILES string of the molecule is Cc1cc(C)c(N2CCN(c3ccccc3Oc3ccccc3)/C2=[N]/[Zr]([CH2]c2ccccc2)([CH2]c2ccccc2)[CH2]c2ccccc2)c(C)c1. The molecule has 4 nitrogen and oxygen atoms in total. The summed E-state index contributed by atoms with van der Waals surface area (Å²) >= 11 is -3.68. The predicted molar refractivity (Wildman–Crippen MR) is 206 cm³/mol. The minimum absolute atomic E-state index is 0.810. The Balaban J connectivity index is 1.45. The maximum absolute atomic E-state index is 6.59. The molecule has 0 N–H and O–H groups in total. The van der Waals surface area contributed by atoms with Crippen molar-refractivity contribution in [3.63, 3.8) is 0 Å². The first-order valence-corrected chi connectivity index (χ1v) is 23.9. The van der Waals surface area contributed by atoms with E-state index in [2.05, 4.69) is 158 Å². The van der Waals surface area contributed by atoms with Crippen LogP contribution in [0.2, 0.25) is 0 Å². The third kappa shape index (κ3) is 7.85. The third-order valence-electron chi connectivity index (χ3n) is 9.53. The third-order valence-corrected chi connectivity index (χ3v) is 19.0. The average molecular weight is 735 g/mol. The van der Waals surface area contributed by atoms with Gasteiger partial charge in [-0.2, -0.15) is 0 Å². The molecule has 1 aliphatic rings. The maximum atomic E-state index is 6.59. The van der Waals surface area contributed by atoms with Crippen molar-refractivity contribution in [3.05, 3.63) is 191 Å². The van der Waals surface area contributed by atoms with Crippen molar-refractivity contribution < 1.29 is 25.3 Å². The summed E-state index contributed by atoms with van der Waals surface area (Å²) in [4.78, 5) is 4.94. The van der Waals surface area contributed by atoms with Gasteiger partial charge in [0.15, 0.2) is 0 Å². The Morgan fingerprint density at radius 2 is 0.980 bits per heavy atom. The molecule has 7 rings (SSSR count). The Morgan fingerprint density at radius 1 is 0.540 bits per heavy atom. The van der Waals surface area contributed by atoms with Crippen LogP contribution >= 0.6 is 0 Å². The van der Waals surface area contributed by atoms with Crippen LogP contribution in [0.1, 0.15) is 33.4 Å². The molecule has 0 saturated carbocycles. The average Bonchev–Trinajstić information content (AvgIpc) is 3.51. The van der Waals surface area contributed by atoms with Crippen molar-refractivity contribution in [3.8, 4) is 11.5 Å². The first-order chi connectivity index (χ1) is 24.5. The van der Waals surface area contributed by atoms with Crippen LogP contribution in [0.4, 0.5) is 11.4 Å². The van der Waals surface area contributed by atoms with Crippen LogP contribution < -0.4 is 14.5 Å². The van der Waals surface area contributed by atoms with Crippen LogP contribution in [0.3, 0.4) is 0 Å². The van der Waals surface area contributed by atoms with Gasteiger partial charge < -0.3 is 0 Å². The number of hydrogen-bond donors (Lipinski definition) is 0. The Hall–Kier alpha value is -4.73. The summed E-state index contributed by atoms with van der Waals surface area (Å²) < 4.78 is 15.9. The zero-order valence-corrected chi connectivity index (χ0v) is 31.8. The van der Waals surface area contributed by atoms with Gasteiger partial charge in [-0.15, -0.1) is 0 Å². The number of nitrogens with zero attached hydrogens (tertiary/aromatic N) is 3. The molecule has 0 spiro atoms. The van der Waals surface area contributed by atoms with E-state index < -0.39 is 20.6 Å². The van der Waals surface area contributed by atoms with Crippen molar-refractivity contribution in [2.24, 2.45) is 2.94 Å². The predicted octanol–water partition coefficient (Wildman–Crippen LogP) is 10.8. The molecule has 0 radical (unpaired) electrons. The molecule has 6 aromatic carbocycles. The molecule has 0 bridgehead atoms. The van der Waals surface area contributed by atoms with Gasteiger partial charge in [-0.05, 0) is 0 Å². The monoisotopic (exact) mass is 733 g/mol. The molecular formula is C45H45N3OZr. The summed E-state index contributed by atoms with van der Waals surface area (Å²) in [6.07, 6.45) is 0. The standard InChI is InChI=1S/C24H24N3O.3C7H7.Zr/c1-17-15-18(2)23(19(3)16-17)27-14-13-26(24(27)25)21-11-7-8-12-22(21)28-20-9-5-4-6-10-20;3*1-7-5-3-2-4-6-7;/h4-12,15-16H,13-14H2,1-3H3;3*2-6H,1H2;/q-1;;;;+1. The van der Waals surface area contributed by atoms with Crippen LogP contribution in [0.15, 0.2) is 161 Å². The van der Waals surface area contributed by atoms with Gasteiger partial charge in [0, 0.05) is 0 Å². The van der Waals surface area contributed by atoms with Crippen molar-refractivity contribution in [2.45, 2.75) is 33.2 Å². The Kier molecular flexibility index (Phi) is 10.4. The van der Waals surface area contributed by atoms with E-state index in [1.807, 2.05) is 30.3 Å². The molecule has 0 amide bonds. The molecule has 1 heterocycles. The number of ether oxygens (including phenoxy) is 1. The molecule has 1 fully saturated rings. The number of benzene rings is 6. The van der Waals surface area contributed by atoms with E-state index in [0.29, 0.717) is 0 Å².